The summed E-state index contributed by atoms with van der Waals surface area (Å²) in [5.74, 6) is 0. The molecule has 0 atom stereocenters. The largest absolute Gasteiger partial charge is 0.250 e. The first-order valence-electron chi connectivity index (χ1n) is 5.13. The summed E-state index contributed by atoms with van der Waals surface area (Å²) in [4.78, 5) is 9.09. The van der Waals surface area contributed by atoms with E-state index in [0.717, 1.165) is 35.3 Å². The summed E-state index contributed by atoms with van der Waals surface area (Å²) in [5, 5.41) is 0.711. The van der Waals surface area contributed by atoms with Gasteiger partial charge in [-0.25, -0.2) is 9.97 Å². The van der Waals surface area contributed by atoms with Gasteiger partial charge in [0, 0.05) is 5.02 Å². The second-order valence-corrected chi connectivity index (χ2v) is 4.08. The van der Waals surface area contributed by atoms with Gasteiger partial charge in [0.2, 0.25) is 0 Å². The third-order valence-electron chi connectivity index (χ3n) is 2.39. The van der Waals surface area contributed by atoms with Crippen molar-refractivity contribution in [2.75, 3.05) is 0 Å². The molecule has 0 unspecified atom stereocenters. The maximum atomic E-state index is 5.92. The number of fused-ring (bicyclic) bond motifs is 1. The zero-order valence-electron chi connectivity index (χ0n) is 8.92. The van der Waals surface area contributed by atoms with E-state index in [9.17, 15) is 0 Å². The molecule has 2 rings (SSSR count). The number of hydrogen-bond donors (Lipinski definition) is 0. The number of nitrogens with zero attached hydrogens (tertiary/aromatic N) is 2. The van der Waals surface area contributed by atoms with E-state index in [0.29, 0.717) is 5.02 Å². The van der Waals surface area contributed by atoms with Crippen LogP contribution in [0.3, 0.4) is 0 Å². The highest BCUT2D eigenvalue weighted by Crippen LogP contribution is 2.18. The molecule has 0 saturated heterocycles. The molecule has 1 aromatic carbocycles. The molecule has 3 heteroatoms. The van der Waals surface area contributed by atoms with Crippen LogP contribution in [0, 0.1) is 6.92 Å². The lowest BCUT2D eigenvalue weighted by Gasteiger charge is -2.05. The Morgan fingerprint density at radius 2 is 2.00 bits per heavy atom. The monoisotopic (exact) mass is 220 g/mol. The standard InChI is InChI=1S/C12H13ClN2/c1-3-4-10-8(2)14-11-6-5-9(13)7-12(11)15-10/h5-7H,3-4H2,1-2H3. The number of aryl methyl sites for hydroxylation is 2. The van der Waals surface area contributed by atoms with Gasteiger partial charge in [-0.1, -0.05) is 24.9 Å². The molecule has 0 N–H and O–H groups in total. The zero-order valence-corrected chi connectivity index (χ0v) is 9.67. The van der Waals surface area contributed by atoms with Crippen molar-refractivity contribution in [1.29, 1.82) is 0 Å². The fraction of sp³-hybridized carbons (Fsp3) is 0.333. The average Bonchev–Trinajstić information content (AvgIpc) is 2.20. The van der Waals surface area contributed by atoms with Crippen LogP contribution in [0.5, 0.6) is 0 Å². The Kier molecular flexibility index (Phi) is 2.87. The molecule has 2 aromatic rings. The molecule has 15 heavy (non-hydrogen) atoms. The van der Waals surface area contributed by atoms with Gasteiger partial charge in [-0.05, 0) is 31.5 Å². The molecule has 0 aliphatic carbocycles. The van der Waals surface area contributed by atoms with Gasteiger partial charge in [0.1, 0.15) is 0 Å². The summed E-state index contributed by atoms with van der Waals surface area (Å²) >= 11 is 5.92. The highest BCUT2D eigenvalue weighted by atomic mass is 35.5. The first kappa shape index (κ1) is 10.4. The lowest BCUT2D eigenvalue weighted by atomic mass is 10.2. The molecule has 1 heterocycles. The Morgan fingerprint density at radius 3 is 2.73 bits per heavy atom. The van der Waals surface area contributed by atoms with Crippen LogP contribution in [0.1, 0.15) is 24.7 Å². The van der Waals surface area contributed by atoms with E-state index < -0.39 is 0 Å². The Labute approximate surface area is 94.3 Å². The van der Waals surface area contributed by atoms with Crippen molar-refractivity contribution >= 4 is 22.6 Å². The molecule has 0 fully saturated rings. The number of hydrogen-bond acceptors (Lipinski definition) is 2. The molecule has 0 radical (unpaired) electrons. The van der Waals surface area contributed by atoms with Crippen molar-refractivity contribution in [1.82, 2.24) is 9.97 Å². The number of aromatic nitrogens is 2. The maximum Gasteiger partial charge on any atom is 0.0905 e. The van der Waals surface area contributed by atoms with E-state index in [1.165, 1.54) is 0 Å². The lowest BCUT2D eigenvalue weighted by molar-refractivity contribution is 0.865. The second kappa shape index (κ2) is 4.15. The Morgan fingerprint density at radius 1 is 1.20 bits per heavy atom. The van der Waals surface area contributed by atoms with Gasteiger partial charge in [0.05, 0.1) is 22.4 Å². The van der Waals surface area contributed by atoms with Gasteiger partial charge in [-0.2, -0.15) is 0 Å². The van der Waals surface area contributed by atoms with E-state index in [1.807, 2.05) is 25.1 Å². The zero-order chi connectivity index (χ0) is 10.8. The number of rotatable bonds is 2. The summed E-state index contributed by atoms with van der Waals surface area (Å²) < 4.78 is 0. The molecular weight excluding hydrogens is 208 g/mol. The van der Waals surface area contributed by atoms with Crippen LogP contribution < -0.4 is 0 Å². The summed E-state index contributed by atoms with van der Waals surface area (Å²) in [6, 6.07) is 5.62. The van der Waals surface area contributed by atoms with Crippen molar-refractivity contribution in [3.05, 3.63) is 34.6 Å². The molecule has 0 spiro atoms. The van der Waals surface area contributed by atoms with Crippen LogP contribution in [-0.2, 0) is 6.42 Å². The highest BCUT2D eigenvalue weighted by molar-refractivity contribution is 6.31. The minimum absolute atomic E-state index is 0.711. The molecule has 0 bridgehead atoms. The first-order chi connectivity index (χ1) is 7.20. The number of halogens is 1. The molecule has 0 aliphatic heterocycles. The molecule has 2 nitrogen and oxygen atoms in total. The topological polar surface area (TPSA) is 25.8 Å². The normalized spacial score (nSPS) is 10.9. The maximum absolute atomic E-state index is 5.92. The Hall–Kier alpha value is -1.15. The third kappa shape index (κ3) is 2.10. The SMILES string of the molecule is CCCc1nc2cc(Cl)ccc2nc1C. The van der Waals surface area contributed by atoms with E-state index in [4.69, 9.17) is 11.6 Å². The van der Waals surface area contributed by atoms with Crippen LogP contribution >= 0.6 is 11.6 Å². The molecule has 0 amide bonds. The van der Waals surface area contributed by atoms with Gasteiger partial charge in [-0.3, -0.25) is 0 Å². The van der Waals surface area contributed by atoms with E-state index in [-0.39, 0.29) is 0 Å². The van der Waals surface area contributed by atoms with Crippen molar-refractivity contribution in [2.45, 2.75) is 26.7 Å². The van der Waals surface area contributed by atoms with Crippen LogP contribution in [0.2, 0.25) is 5.02 Å². The van der Waals surface area contributed by atoms with E-state index in [2.05, 4.69) is 16.9 Å². The quantitative estimate of drug-likeness (QED) is 0.774. The van der Waals surface area contributed by atoms with Gasteiger partial charge >= 0.3 is 0 Å². The molecular formula is C12H13ClN2. The van der Waals surface area contributed by atoms with Crippen molar-refractivity contribution in [2.24, 2.45) is 0 Å². The van der Waals surface area contributed by atoms with E-state index in [1.54, 1.807) is 0 Å². The molecule has 1 aromatic heterocycles. The van der Waals surface area contributed by atoms with Crippen LogP contribution in [-0.4, -0.2) is 9.97 Å². The summed E-state index contributed by atoms with van der Waals surface area (Å²) in [7, 11) is 0. The van der Waals surface area contributed by atoms with Crippen molar-refractivity contribution < 1.29 is 0 Å². The van der Waals surface area contributed by atoms with Crippen molar-refractivity contribution in [3.8, 4) is 0 Å². The smallest absolute Gasteiger partial charge is 0.0905 e. The molecule has 0 saturated carbocycles. The fourth-order valence-electron chi connectivity index (χ4n) is 1.63. The number of benzene rings is 1. The second-order valence-electron chi connectivity index (χ2n) is 3.64. The van der Waals surface area contributed by atoms with Crippen molar-refractivity contribution in [3.63, 3.8) is 0 Å². The fourth-order valence-corrected chi connectivity index (χ4v) is 1.79. The minimum atomic E-state index is 0.711. The Bertz CT molecular complexity index is 494. The first-order valence-corrected chi connectivity index (χ1v) is 5.51. The average molecular weight is 221 g/mol. The van der Waals surface area contributed by atoms with Crippen LogP contribution in [0.4, 0.5) is 0 Å². The molecule has 0 aliphatic rings. The van der Waals surface area contributed by atoms with Gasteiger partial charge in [0.15, 0.2) is 0 Å². The Balaban J connectivity index is 2.61. The van der Waals surface area contributed by atoms with Crippen LogP contribution in [0.25, 0.3) is 11.0 Å². The summed E-state index contributed by atoms with van der Waals surface area (Å²) in [6.07, 6.45) is 2.06. The highest BCUT2D eigenvalue weighted by Gasteiger charge is 2.04. The lowest BCUT2D eigenvalue weighted by Crippen LogP contribution is -1.98. The van der Waals surface area contributed by atoms with Gasteiger partial charge < -0.3 is 0 Å². The van der Waals surface area contributed by atoms with Gasteiger partial charge in [-0.15, -0.1) is 0 Å². The predicted octanol–water partition coefficient (Wildman–Crippen LogP) is 3.54. The summed E-state index contributed by atoms with van der Waals surface area (Å²) in [5.41, 5.74) is 3.90. The predicted molar refractivity (Wildman–Crippen MR) is 63.3 cm³/mol. The van der Waals surface area contributed by atoms with Gasteiger partial charge in [0.25, 0.3) is 0 Å². The minimum Gasteiger partial charge on any atom is -0.250 e. The van der Waals surface area contributed by atoms with E-state index >= 15 is 0 Å². The molecule has 78 valence electrons. The summed E-state index contributed by atoms with van der Waals surface area (Å²) in [6.45, 7) is 4.15. The van der Waals surface area contributed by atoms with Crippen LogP contribution in [0.15, 0.2) is 18.2 Å². The third-order valence-corrected chi connectivity index (χ3v) is 2.62.